The van der Waals surface area contributed by atoms with Crippen LogP contribution in [0.1, 0.15) is 23.5 Å². The molecular formula is C19H14BrNO2. The Morgan fingerprint density at radius 3 is 2.48 bits per heavy atom. The van der Waals surface area contributed by atoms with E-state index in [4.69, 9.17) is 0 Å². The van der Waals surface area contributed by atoms with Crippen molar-refractivity contribution in [2.24, 2.45) is 0 Å². The minimum absolute atomic E-state index is 0.0137. The van der Waals surface area contributed by atoms with Crippen LogP contribution in [0.5, 0.6) is 5.75 Å². The molecule has 1 atom stereocenters. The van der Waals surface area contributed by atoms with Gasteiger partial charge >= 0.3 is 0 Å². The van der Waals surface area contributed by atoms with E-state index in [1.54, 1.807) is 12.1 Å². The monoisotopic (exact) mass is 367 g/mol. The average molecular weight is 368 g/mol. The quantitative estimate of drug-likeness (QED) is 0.649. The fourth-order valence-electron chi connectivity index (χ4n) is 3.26. The Bertz CT molecular complexity index is 919. The molecule has 23 heavy (non-hydrogen) atoms. The number of hydrogen-bond donors (Lipinski definition) is 2. The maximum absolute atomic E-state index is 12.2. The molecule has 3 aromatic rings. The summed E-state index contributed by atoms with van der Waals surface area (Å²) < 4.78 is 1.02. The number of carbonyl (C=O) groups excluding carboxylic acids is 1. The van der Waals surface area contributed by atoms with E-state index >= 15 is 0 Å². The number of halogens is 1. The number of fused-ring (bicyclic) bond motifs is 3. The number of aromatic hydroxyl groups is 1. The number of anilines is 1. The number of hydrogen-bond acceptors (Lipinski definition) is 2. The van der Waals surface area contributed by atoms with Gasteiger partial charge in [-0.25, -0.2) is 0 Å². The van der Waals surface area contributed by atoms with E-state index in [-0.39, 0.29) is 17.6 Å². The van der Waals surface area contributed by atoms with E-state index in [1.165, 1.54) is 0 Å². The zero-order chi connectivity index (χ0) is 16.0. The fraction of sp³-hybridized carbons (Fsp3) is 0.105. The lowest BCUT2D eigenvalue weighted by Gasteiger charge is -2.28. The van der Waals surface area contributed by atoms with Crippen LogP contribution >= 0.6 is 15.9 Å². The molecule has 4 heteroatoms. The largest absolute Gasteiger partial charge is 0.508 e. The van der Waals surface area contributed by atoms with Crippen LogP contribution in [0.2, 0.25) is 0 Å². The molecule has 0 radical (unpaired) electrons. The molecule has 1 amide bonds. The molecule has 0 spiro atoms. The predicted octanol–water partition coefficient (Wildman–Crippen LogP) is 4.78. The van der Waals surface area contributed by atoms with Crippen molar-refractivity contribution in [3.8, 4) is 5.75 Å². The van der Waals surface area contributed by atoms with Crippen molar-refractivity contribution in [3.63, 3.8) is 0 Å². The second-order valence-corrected chi connectivity index (χ2v) is 6.62. The van der Waals surface area contributed by atoms with E-state index in [0.717, 1.165) is 32.1 Å². The van der Waals surface area contributed by atoms with Crippen LogP contribution in [0.3, 0.4) is 0 Å². The first-order valence-electron chi connectivity index (χ1n) is 7.43. The minimum Gasteiger partial charge on any atom is -0.508 e. The van der Waals surface area contributed by atoms with Crippen LogP contribution in [-0.4, -0.2) is 11.0 Å². The maximum Gasteiger partial charge on any atom is 0.225 e. The Labute approximate surface area is 142 Å². The third-order valence-corrected chi connectivity index (χ3v) is 5.01. The van der Waals surface area contributed by atoms with Crippen molar-refractivity contribution >= 4 is 38.3 Å². The first kappa shape index (κ1) is 14.3. The molecule has 4 rings (SSSR count). The molecule has 0 fully saturated rings. The number of phenolic OH excluding ortho intramolecular Hbond substituents is 1. The molecular weight excluding hydrogens is 354 g/mol. The van der Waals surface area contributed by atoms with Crippen LogP contribution in [0, 0.1) is 0 Å². The summed E-state index contributed by atoms with van der Waals surface area (Å²) in [5.74, 6) is 0.234. The van der Waals surface area contributed by atoms with Gasteiger partial charge in [0.1, 0.15) is 5.75 Å². The molecule has 3 nitrogen and oxygen atoms in total. The summed E-state index contributed by atoms with van der Waals surface area (Å²) in [7, 11) is 0. The Morgan fingerprint density at radius 1 is 1.04 bits per heavy atom. The van der Waals surface area contributed by atoms with Crippen LogP contribution in [0.4, 0.5) is 5.69 Å². The number of benzene rings is 3. The number of carbonyl (C=O) groups is 1. The number of amides is 1. The first-order valence-corrected chi connectivity index (χ1v) is 8.22. The third-order valence-electron chi connectivity index (χ3n) is 4.35. The Kier molecular flexibility index (Phi) is 3.34. The summed E-state index contributed by atoms with van der Waals surface area (Å²) in [4.78, 5) is 12.2. The Hall–Kier alpha value is -2.33. The van der Waals surface area contributed by atoms with Crippen molar-refractivity contribution in [1.82, 2.24) is 0 Å². The summed E-state index contributed by atoms with van der Waals surface area (Å²) in [6.45, 7) is 0. The van der Waals surface area contributed by atoms with Crippen LogP contribution in [0.15, 0.2) is 59.1 Å². The predicted molar refractivity (Wildman–Crippen MR) is 94.8 cm³/mol. The van der Waals surface area contributed by atoms with Crippen molar-refractivity contribution in [3.05, 3.63) is 70.2 Å². The van der Waals surface area contributed by atoms with Gasteiger partial charge in [-0.3, -0.25) is 4.79 Å². The van der Waals surface area contributed by atoms with Crippen molar-refractivity contribution in [2.75, 3.05) is 5.32 Å². The third kappa shape index (κ3) is 2.39. The van der Waals surface area contributed by atoms with Crippen molar-refractivity contribution < 1.29 is 9.90 Å². The van der Waals surface area contributed by atoms with Crippen molar-refractivity contribution in [2.45, 2.75) is 12.3 Å². The highest BCUT2D eigenvalue weighted by Crippen LogP contribution is 2.43. The SMILES string of the molecule is O=C1C[C@H](c2ccc(O)cc2)c2cc(Br)c3ccccc3c2N1. The van der Waals surface area contributed by atoms with Gasteiger partial charge in [-0.05, 0) is 34.7 Å². The number of nitrogens with one attached hydrogen (secondary N) is 1. The number of phenols is 1. The van der Waals surface area contributed by atoms with E-state index in [0.29, 0.717) is 6.42 Å². The zero-order valence-corrected chi connectivity index (χ0v) is 13.8. The van der Waals surface area contributed by atoms with Crippen LogP contribution in [-0.2, 0) is 4.79 Å². The Morgan fingerprint density at radius 2 is 1.74 bits per heavy atom. The second-order valence-electron chi connectivity index (χ2n) is 5.76. The van der Waals surface area contributed by atoms with Gasteiger partial charge in [-0.2, -0.15) is 0 Å². The summed E-state index contributed by atoms with van der Waals surface area (Å²) in [6, 6.07) is 17.2. The average Bonchev–Trinajstić information content (AvgIpc) is 2.56. The van der Waals surface area contributed by atoms with E-state index in [9.17, 15) is 9.90 Å². The standard InChI is InChI=1S/C19H14BrNO2/c20-17-9-16-15(11-5-7-12(22)8-6-11)10-18(23)21-19(16)14-4-2-1-3-13(14)17/h1-9,15,22H,10H2,(H,21,23)/t15-/m1/s1. The van der Waals surface area contributed by atoms with E-state index in [2.05, 4.69) is 27.3 Å². The molecule has 1 aliphatic rings. The molecule has 0 saturated carbocycles. The lowest BCUT2D eigenvalue weighted by molar-refractivity contribution is -0.116. The van der Waals surface area contributed by atoms with Crippen molar-refractivity contribution in [1.29, 1.82) is 0 Å². The number of rotatable bonds is 1. The van der Waals surface area contributed by atoms with Gasteiger partial charge in [0, 0.05) is 22.2 Å². The lowest BCUT2D eigenvalue weighted by atomic mass is 9.83. The molecule has 2 N–H and O–H groups in total. The van der Waals surface area contributed by atoms with Gasteiger partial charge in [0.25, 0.3) is 0 Å². The van der Waals surface area contributed by atoms with Crippen LogP contribution < -0.4 is 5.32 Å². The zero-order valence-electron chi connectivity index (χ0n) is 12.2. The maximum atomic E-state index is 12.2. The molecule has 114 valence electrons. The normalized spacial score (nSPS) is 16.9. The summed E-state index contributed by atoms with van der Waals surface area (Å²) in [5.41, 5.74) is 3.01. The molecule has 1 aliphatic heterocycles. The van der Waals surface area contributed by atoms with Crippen LogP contribution in [0.25, 0.3) is 10.8 Å². The highest BCUT2D eigenvalue weighted by Gasteiger charge is 2.28. The van der Waals surface area contributed by atoms with Gasteiger partial charge < -0.3 is 10.4 Å². The van der Waals surface area contributed by atoms with Gasteiger partial charge in [0.2, 0.25) is 5.91 Å². The topological polar surface area (TPSA) is 49.3 Å². The fourth-order valence-corrected chi connectivity index (χ4v) is 3.85. The molecule has 0 aromatic heterocycles. The molecule has 0 bridgehead atoms. The smallest absolute Gasteiger partial charge is 0.225 e. The van der Waals surface area contributed by atoms with E-state index in [1.807, 2.05) is 36.4 Å². The highest BCUT2D eigenvalue weighted by molar-refractivity contribution is 9.10. The Balaban J connectivity index is 1.96. The summed E-state index contributed by atoms with van der Waals surface area (Å²) in [5, 5.41) is 14.7. The highest BCUT2D eigenvalue weighted by atomic mass is 79.9. The van der Waals surface area contributed by atoms with Gasteiger partial charge in [-0.1, -0.05) is 52.3 Å². The van der Waals surface area contributed by atoms with E-state index < -0.39 is 0 Å². The molecule has 0 unspecified atom stereocenters. The van der Waals surface area contributed by atoms with Gasteiger partial charge in [-0.15, -0.1) is 0 Å². The van der Waals surface area contributed by atoms with Gasteiger partial charge in [0.15, 0.2) is 0 Å². The molecule has 1 heterocycles. The second kappa shape index (κ2) is 5.39. The first-order chi connectivity index (χ1) is 11.1. The van der Waals surface area contributed by atoms with Gasteiger partial charge in [0.05, 0.1) is 5.69 Å². The summed E-state index contributed by atoms with van der Waals surface area (Å²) in [6.07, 6.45) is 0.405. The molecule has 0 saturated heterocycles. The minimum atomic E-state index is -0.0137. The molecule has 3 aromatic carbocycles. The summed E-state index contributed by atoms with van der Waals surface area (Å²) >= 11 is 3.65. The lowest BCUT2D eigenvalue weighted by Crippen LogP contribution is -2.23. The molecule has 0 aliphatic carbocycles.